The Bertz CT molecular complexity index is 634. The van der Waals surface area contributed by atoms with Crippen molar-refractivity contribution < 1.29 is 0 Å². The molecule has 92 valence electrons. The van der Waals surface area contributed by atoms with Gasteiger partial charge in [-0.15, -0.1) is 0 Å². The topological polar surface area (TPSA) is 87.6 Å². The molecule has 0 unspecified atom stereocenters. The number of fused-ring (bicyclic) bond motifs is 1. The van der Waals surface area contributed by atoms with Gasteiger partial charge in [0.2, 0.25) is 0 Å². The summed E-state index contributed by atoms with van der Waals surface area (Å²) in [5.74, 6) is 1.09. The normalized spacial score (nSPS) is 11.2. The summed E-state index contributed by atoms with van der Waals surface area (Å²) in [5.41, 5.74) is 5.91. The summed E-state index contributed by atoms with van der Waals surface area (Å²) in [5, 5.41) is 14.0. The highest BCUT2D eigenvalue weighted by atomic mass is 15.0. The molecule has 0 amide bonds. The standard InChI is InChI=1S/C13H15N5/c1-13(2,3)18-12-10-5-11(15)16-7-8(10)4-9(6-14)17-12/h4-5,7H,1-3H3,(H2,15,16)(H,17,18). The SMILES string of the molecule is CC(C)(C)Nc1nc(C#N)cc2cnc(N)cc12. The van der Waals surface area contributed by atoms with Crippen LogP contribution in [0.3, 0.4) is 0 Å². The summed E-state index contributed by atoms with van der Waals surface area (Å²) in [6.45, 7) is 6.10. The number of aromatic nitrogens is 2. The Morgan fingerprint density at radius 1 is 1.33 bits per heavy atom. The Labute approximate surface area is 106 Å². The van der Waals surface area contributed by atoms with Crippen molar-refractivity contribution in [3.63, 3.8) is 0 Å². The molecule has 0 radical (unpaired) electrons. The molecule has 2 rings (SSSR count). The summed E-state index contributed by atoms with van der Waals surface area (Å²) >= 11 is 0. The Morgan fingerprint density at radius 3 is 2.67 bits per heavy atom. The lowest BCUT2D eigenvalue weighted by atomic mass is 10.1. The molecule has 0 aromatic carbocycles. The number of nitrogens with one attached hydrogen (secondary N) is 1. The van der Waals surface area contributed by atoms with Crippen LogP contribution < -0.4 is 11.1 Å². The zero-order valence-electron chi connectivity index (χ0n) is 10.7. The van der Waals surface area contributed by atoms with Crippen molar-refractivity contribution >= 4 is 22.4 Å². The van der Waals surface area contributed by atoms with Crippen molar-refractivity contribution in [2.75, 3.05) is 11.1 Å². The molecular formula is C13H15N5. The quantitative estimate of drug-likeness (QED) is 0.799. The lowest BCUT2D eigenvalue weighted by molar-refractivity contribution is 0.631. The van der Waals surface area contributed by atoms with Gasteiger partial charge in [-0.1, -0.05) is 0 Å². The molecule has 5 nitrogen and oxygen atoms in total. The van der Waals surface area contributed by atoms with Crippen molar-refractivity contribution in [1.82, 2.24) is 9.97 Å². The van der Waals surface area contributed by atoms with E-state index in [1.54, 1.807) is 18.3 Å². The molecule has 2 heterocycles. The van der Waals surface area contributed by atoms with Crippen molar-refractivity contribution in [2.24, 2.45) is 0 Å². The minimum absolute atomic E-state index is 0.147. The van der Waals surface area contributed by atoms with Gasteiger partial charge < -0.3 is 11.1 Å². The number of rotatable bonds is 1. The number of hydrogen-bond donors (Lipinski definition) is 2. The van der Waals surface area contributed by atoms with E-state index in [4.69, 9.17) is 11.0 Å². The predicted octanol–water partition coefficient (Wildman–Crippen LogP) is 2.29. The summed E-state index contributed by atoms with van der Waals surface area (Å²) in [6, 6.07) is 5.52. The monoisotopic (exact) mass is 241 g/mol. The molecule has 0 aliphatic rings. The molecule has 0 saturated heterocycles. The van der Waals surface area contributed by atoms with Gasteiger partial charge in [0.25, 0.3) is 0 Å². The maximum Gasteiger partial charge on any atom is 0.143 e. The number of hydrogen-bond acceptors (Lipinski definition) is 5. The number of nitrogens with two attached hydrogens (primary N) is 1. The van der Waals surface area contributed by atoms with Crippen LogP contribution in [0.2, 0.25) is 0 Å². The van der Waals surface area contributed by atoms with E-state index >= 15 is 0 Å². The van der Waals surface area contributed by atoms with Gasteiger partial charge in [-0.3, -0.25) is 0 Å². The van der Waals surface area contributed by atoms with Crippen LogP contribution in [0.5, 0.6) is 0 Å². The fraction of sp³-hybridized carbons (Fsp3) is 0.308. The third-order valence-corrected chi connectivity index (χ3v) is 2.34. The van der Waals surface area contributed by atoms with E-state index < -0.39 is 0 Å². The second-order valence-electron chi connectivity index (χ2n) is 5.17. The summed E-state index contributed by atoms with van der Waals surface area (Å²) in [6.07, 6.45) is 1.65. The van der Waals surface area contributed by atoms with Crippen LogP contribution in [0.15, 0.2) is 18.3 Å². The van der Waals surface area contributed by atoms with Crippen LogP contribution in [-0.2, 0) is 0 Å². The minimum atomic E-state index is -0.147. The van der Waals surface area contributed by atoms with Gasteiger partial charge in [0, 0.05) is 22.5 Å². The third kappa shape index (κ3) is 2.48. The molecule has 0 saturated carbocycles. The van der Waals surface area contributed by atoms with Gasteiger partial charge in [-0.2, -0.15) is 5.26 Å². The number of nitriles is 1. The van der Waals surface area contributed by atoms with Crippen LogP contribution >= 0.6 is 0 Å². The number of pyridine rings is 2. The van der Waals surface area contributed by atoms with E-state index in [-0.39, 0.29) is 5.54 Å². The first-order chi connectivity index (χ1) is 8.39. The van der Waals surface area contributed by atoms with E-state index in [1.165, 1.54) is 0 Å². The van der Waals surface area contributed by atoms with E-state index in [2.05, 4.69) is 15.3 Å². The molecule has 0 bridgehead atoms. The summed E-state index contributed by atoms with van der Waals surface area (Å²) in [7, 11) is 0. The lowest BCUT2D eigenvalue weighted by Gasteiger charge is -2.22. The second-order valence-corrected chi connectivity index (χ2v) is 5.17. The van der Waals surface area contributed by atoms with Crippen molar-refractivity contribution in [2.45, 2.75) is 26.3 Å². The Kier molecular flexibility index (Phi) is 2.79. The fourth-order valence-corrected chi connectivity index (χ4v) is 1.67. The van der Waals surface area contributed by atoms with Crippen LogP contribution in [0.4, 0.5) is 11.6 Å². The number of nitrogen functional groups attached to an aromatic ring is 1. The third-order valence-electron chi connectivity index (χ3n) is 2.34. The van der Waals surface area contributed by atoms with Crippen molar-refractivity contribution in [3.8, 4) is 6.07 Å². The first-order valence-electron chi connectivity index (χ1n) is 5.63. The summed E-state index contributed by atoms with van der Waals surface area (Å²) in [4.78, 5) is 8.32. The van der Waals surface area contributed by atoms with E-state index in [0.717, 1.165) is 10.8 Å². The maximum atomic E-state index is 8.99. The molecule has 0 spiro atoms. The van der Waals surface area contributed by atoms with Gasteiger partial charge >= 0.3 is 0 Å². The van der Waals surface area contributed by atoms with Gasteiger partial charge in [-0.25, -0.2) is 9.97 Å². The molecule has 2 aromatic rings. The van der Waals surface area contributed by atoms with Crippen LogP contribution in [0.1, 0.15) is 26.5 Å². The second kappa shape index (κ2) is 4.15. The molecule has 18 heavy (non-hydrogen) atoms. The molecule has 0 aliphatic carbocycles. The average Bonchev–Trinajstić information content (AvgIpc) is 2.27. The Balaban J connectivity index is 2.68. The number of nitrogens with zero attached hydrogens (tertiary/aromatic N) is 3. The average molecular weight is 241 g/mol. The van der Waals surface area contributed by atoms with Gasteiger partial charge in [0.1, 0.15) is 23.4 Å². The molecule has 2 aromatic heterocycles. The number of anilines is 2. The predicted molar refractivity (Wildman–Crippen MR) is 72.0 cm³/mol. The van der Waals surface area contributed by atoms with Gasteiger partial charge in [0.15, 0.2) is 0 Å². The van der Waals surface area contributed by atoms with E-state index in [0.29, 0.717) is 17.3 Å². The maximum absolute atomic E-state index is 8.99. The molecule has 0 aliphatic heterocycles. The Morgan fingerprint density at radius 2 is 2.06 bits per heavy atom. The highest BCUT2D eigenvalue weighted by Gasteiger charge is 2.14. The summed E-state index contributed by atoms with van der Waals surface area (Å²) < 4.78 is 0. The Hall–Kier alpha value is -2.35. The fourth-order valence-electron chi connectivity index (χ4n) is 1.67. The first-order valence-corrected chi connectivity index (χ1v) is 5.63. The lowest BCUT2D eigenvalue weighted by Crippen LogP contribution is -2.27. The van der Waals surface area contributed by atoms with E-state index in [1.807, 2.05) is 26.8 Å². The zero-order chi connectivity index (χ0) is 13.3. The van der Waals surface area contributed by atoms with Crippen molar-refractivity contribution in [1.29, 1.82) is 5.26 Å². The van der Waals surface area contributed by atoms with Gasteiger partial charge in [-0.05, 0) is 32.9 Å². The molecule has 0 atom stereocenters. The minimum Gasteiger partial charge on any atom is -0.384 e. The molecular weight excluding hydrogens is 226 g/mol. The van der Waals surface area contributed by atoms with E-state index in [9.17, 15) is 0 Å². The van der Waals surface area contributed by atoms with Crippen LogP contribution in [0, 0.1) is 11.3 Å². The van der Waals surface area contributed by atoms with Crippen LogP contribution in [0.25, 0.3) is 10.8 Å². The molecule has 0 fully saturated rings. The zero-order valence-corrected chi connectivity index (χ0v) is 10.7. The van der Waals surface area contributed by atoms with Crippen LogP contribution in [-0.4, -0.2) is 15.5 Å². The smallest absolute Gasteiger partial charge is 0.143 e. The molecule has 5 heteroatoms. The highest BCUT2D eigenvalue weighted by Crippen LogP contribution is 2.25. The van der Waals surface area contributed by atoms with Gasteiger partial charge in [0.05, 0.1) is 0 Å². The molecule has 3 N–H and O–H groups in total. The largest absolute Gasteiger partial charge is 0.384 e. The van der Waals surface area contributed by atoms with Crippen molar-refractivity contribution in [3.05, 3.63) is 24.0 Å². The highest BCUT2D eigenvalue weighted by molar-refractivity contribution is 5.93. The first kappa shape index (κ1) is 12.1.